The summed E-state index contributed by atoms with van der Waals surface area (Å²) in [5.41, 5.74) is 17.5. The second kappa shape index (κ2) is 29.5. The molecule has 1 aromatic heterocycles. The molecule has 29 heteroatoms. The number of hydrogen-bond acceptors (Lipinski definition) is 15. The van der Waals surface area contributed by atoms with Gasteiger partial charge in [-0.2, -0.15) is 0 Å². The number of hydrogen-bond donors (Lipinski definition) is 17. The molecule has 29 nitrogen and oxygen atoms in total. The van der Waals surface area contributed by atoms with Crippen LogP contribution >= 0.6 is 0 Å². The van der Waals surface area contributed by atoms with Gasteiger partial charge in [0.15, 0.2) is 5.96 Å². The number of nitrogens with two attached hydrogens (primary N) is 3. The molecule has 0 aliphatic heterocycles. The van der Waals surface area contributed by atoms with Crippen LogP contribution in [0.4, 0.5) is 0 Å². The number of aliphatic hydroxyl groups is 1. The Morgan fingerprint density at radius 3 is 1.70 bits per heavy atom. The zero-order valence-electron chi connectivity index (χ0n) is 37.9. The first-order valence-corrected chi connectivity index (χ1v) is 21.5. The molecule has 20 N–H and O–H groups in total. The first kappa shape index (κ1) is 57.9. The van der Waals surface area contributed by atoms with Crippen molar-refractivity contribution in [3.8, 4) is 0 Å². The van der Waals surface area contributed by atoms with Gasteiger partial charge in [-0.3, -0.25) is 53.4 Å². The Hall–Kier alpha value is -8.21. The van der Waals surface area contributed by atoms with Crippen LogP contribution < -0.4 is 59.7 Å². The fourth-order valence-corrected chi connectivity index (χ4v) is 6.26. The van der Waals surface area contributed by atoms with E-state index in [1.807, 2.05) is 5.32 Å². The van der Waals surface area contributed by atoms with Crippen LogP contribution in [0.25, 0.3) is 0 Å². The van der Waals surface area contributed by atoms with Crippen LogP contribution in [0.15, 0.2) is 42.9 Å². The minimum Gasteiger partial charge on any atom is -0.481 e. The van der Waals surface area contributed by atoms with Crippen molar-refractivity contribution in [1.29, 1.82) is 5.41 Å². The van der Waals surface area contributed by atoms with Crippen LogP contribution in [0.3, 0.4) is 0 Å². The number of carbonyl (C=O) groups excluding carboxylic acids is 8. The van der Waals surface area contributed by atoms with Crippen molar-refractivity contribution in [2.24, 2.45) is 17.2 Å². The third-order valence-corrected chi connectivity index (χ3v) is 10.0. The summed E-state index contributed by atoms with van der Waals surface area (Å²) in [4.78, 5) is 147. The van der Waals surface area contributed by atoms with E-state index in [-0.39, 0.29) is 31.8 Å². The second-order valence-corrected chi connectivity index (χ2v) is 15.7. The molecule has 8 atom stereocenters. The van der Waals surface area contributed by atoms with Crippen molar-refractivity contribution in [2.45, 2.75) is 113 Å². The molecule has 0 aliphatic carbocycles. The van der Waals surface area contributed by atoms with Gasteiger partial charge >= 0.3 is 17.9 Å². The Bertz CT molecular complexity index is 2160. The third-order valence-electron chi connectivity index (χ3n) is 10.0. The number of amides is 8. The lowest BCUT2D eigenvalue weighted by atomic mass is 10.0. The number of aromatic amines is 1. The average molecular weight is 989 g/mol. The van der Waals surface area contributed by atoms with E-state index in [0.717, 1.165) is 6.92 Å². The van der Waals surface area contributed by atoms with Gasteiger partial charge in [0.2, 0.25) is 47.3 Å². The van der Waals surface area contributed by atoms with E-state index in [0.29, 0.717) is 17.7 Å². The van der Waals surface area contributed by atoms with Gasteiger partial charge in [0, 0.05) is 38.4 Å². The number of carboxylic acids is 3. The first-order valence-electron chi connectivity index (χ1n) is 21.5. The second-order valence-electron chi connectivity index (χ2n) is 15.7. The van der Waals surface area contributed by atoms with Gasteiger partial charge in [0.05, 0.1) is 31.1 Å². The number of rotatable bonds is 32. The van der Waals surface area contributed by atoms with Crippen molar-refractivity contribution in [2.75, 3.05) is 13.2 Å². The van der Waals surface area contributed by atoms with Gasteiger partial charge in [-0.25, -0.2) is 9.78 Å². The highest BCUT2D eigenvalue weighted by Gasteiger charge is 2.34. The Morgan fingerprint density at radius 2 is 1.16 bits per heavy atom. The number of aromatic nitrogens is 2. The molecule has 2 aromatic rings. The van der Waals surface area contributed by atoms with Crippen molar-refractivity contribution >= 4 is 71.1 Å². The van der Waals surface area contributed by atoms with E-state index in [9.17, 15) is 63.0 Å². The number of benzene rings is 1. The maximum absolute atomic E-state index is 14.0. The predicted octanol–water partition coefficient (Wildman–Crippen LogP) is -6.12. The van der Waals surface area contributed by atoms with Crippen LogP contribution in [0.1, 0.15) is 63.1 Å². The summed E-state index contributed by atoms with van der Waals surface area (Å²) in [7, 11) is 0. The van der Waals surface area contributed by atoms with Gasteiger partial charge in [-0.05, 0) is 38.2 Å². The van der Waals surface area contributed by atoms with Crippen molar-refractivity contribution in [1.82, 2.24) is 52.5 Å². The number of guanidine groups is 1. The monoisotopic (exact) mass is 988 g/mol. The Kier molecular flexibility index (Phi) is 24.4. The van der Waals surface area contributed by atoms with Gasteiger partial charge < -0.3 is 85.1 Å². The minimum absolute atomic E-state index is 0.138. The summed E-state index contributed by atoms with van der Waals surface area (Å²) in [6.07, 6.45) is -0.459. The van der Waals surface area contributed by atoms with Gasteiger partial charge in [-0.15, -0.1) is 0 Å². The SMILES string of the molecule is C[C@H](NC(=O)[C@H](CCC(N)=O)NC(=O)[C@H](CO)NC(=O)[C@H](Cc1ccccc1)NC(=O)[C@H](Cc1c[nH]cn1)NC(=O)[C@@H](N)CCCNC(=N)N)C(=O)N[C@@H](CCC(=O)O)C(=O)N[C@@H](CC(=O)O)C(=O)O. The zero-order chi connectivity index (χ0) is 52.5. The molecule has 1 aromatic carbocycles. The first-order chi connectivity index (χ1) is 33.0. The van der Waals surface area contributed by atoms with Gasteiger partial charge in [0.1, 0.15) is 42.3 Å². The highest BCUT2D eigenvalue weighted by molar-refractivity contribution is 5.98. The number of primary amides is 1. The Labute approximate surface area is 399 Å². The number of carboxylic acid groups (broad SMARTS) is 3. The van der Waals surface area contributed by atoms with E-state index in [1.54, 1.807) is 30.3 Å². The normalized spacial score (nSPS) is 14.2. The topological polar surface area (TPSA) is 496 Å². The van der Waals surface area contributed by atoms with E-state index < -0.39 is 152 Å². The molecule has 0 unspecified atom stereocenters. The minimum atomic E-state index is -1.96. The summed E-state index contributed by atoms with van der Waals surface area (Å²) in [5.74, 6) is -13.3. The average Bonchev–Trinajstić information content (AvgIpc) is 3.81. The maximum atomic E-state index is 14.0. The van der Waals surface area contributed by atoms with Crippen molar-refractivity contribution < 1.29 is 73.2 Å². The van der Waals surface area contributed by atoms with E-state index in [2.05, 4.69) is 47.2 Å². The smallest absolute Gasteiger partial charge is 0.326 e. The summed E-state index contributed by atoms with van der Waals surface area (Å²) >= 11 is 0. The van der Waals surface area contributed by atoms with Crippen LogP contribution in [-0.2, 0) is 65.6 Å². The van der Waals surface area contributed by atoms with Crippen LogP contribution in [-0.4, -0.2) is 163 Å². The number of imidazole rings is 1. The van der Waals surface area contributed by atoms with Crippen LogP contribution in [0.5, 0.6) is 0 Å². The predicted molar refractivity (Wildman–Crippen MR) is 241 cm³/mol. The molecule has 0 spiro atoms. The molecule has 70 heavy (non-hydrogen) atoms. The molecular formula is C41H60N14O15. The maximum Gasteiger partial charge on any atom is 0.326 e. The Morgan fingerprint density at radius 1 is 0.643 bits per heavy atom. The molecule has 0 saturated carbocycles. The lowest BCUT2D eigenvalue weighted by Gasteiger charge is -2.27. The molecule has 384 valence electrons. The van der Waals surface area contributed by atoms with Crippen LogP contribution in [0, 0.1) is 5.41 Å². The highest BCUT2D eigenvalue weighted by atomic mass is 16.4. The Balaban J connectivity index is 2.30. The molecule has 0 bridgehead atoms. The number of nitrogens with zero attached hydrogens (tertiary/aromatic N) is 1. The lowest BCUT2D eigenvalue weighted by Crippen LogP contribution is -2.61. The molecular weight excluding hydrogens is 929 g/mol. The molecule has 2 rings (SSSR count). The summed E-state index contributed by atoms with van der Waals surface area (Å²) in [6, 6.07) is -4.47. The zero-order valence-corrected chi connectivity index (χ0v) is 37.9. The molecule has 8 amide bonds. The summed E-state index contributed by atoms with van der Waals surface area (Å²) in [5, 5.41) is 63.7. The molecule has 1 heterocycles. The number of nitrogens with one attached hydrogen (secondary N) is 10. The van der Waals surface area contributed by atoms with Crippen molar-refractivity contribution in [3.63, 3.8) is 0 Å². The fraction of sp³-hybridized carbons (Fsp3) is 0.488. The summed E-state index contributed by atoms with van der Waals surface area (Å²) < 4.78 is 0. The quantitative estimate of drug-likeness (QED) is 0.0184. The van der Waals surface area contributed by atoms with E-state index in [4.69, 9.17) is 32.8 Å². The molecule has 0 radical (unpaired) electrons. The fourth-order valence-electron chi connectivity index (χ4n) is 6.26. The molecule has 0 aliphatic rings. The van der Waals surface area contributed by atoms with Gasteiger partial charge in [0.25, 0.3) is 0 Å². The van der Waals surface area contributed by atoms with Crippen LogP contribution in [0.2, 0.25) is 0 Å². The number of carbonyl (C=O) groups is 11. The lowest BCUT2D eigenvalue weighted by molar-refractivity contribution is -0.147. The van der Waals surface area contributed by atoms with Crippen molar-refractivity contribution in [3.05, 3.63) is 54.1 Å². The van der Waals surface area contributed by atoms with E-state index >= 15 is 0 Å². The number of aliphatic hydroxyl groups excluding tert-OH is 1. The standard InChI is InChI=1S/C41H60N14O15/c1-20(33(62)50-25(10-12-31(58)59)36(65)54-28(40(69)70)16-32(60)61)49-35(64)24(9-11-30(43)57)51-39(68)29(18-56)55-37(66)26(14-21-6-3-2-4-7-21)53-38(67)27(15-22-17-46-19-48-22)52-34(63)23(42)8-5-13-47-41(44)45/h2-4,6-7,17,19-20,23-29,56H,5,8-16,18,42H2,1H3,(H2,43,57)(H,46,48)(H,49,64)(H,50,62)(H,51,68)(H,52,63)(H,53,67)(H,54,65)(H,55,66)(H,58,59)(H,60,61)(H,69,70)(H4,44,45,47)/t20-,23-,24-,25-,26-,27-,28-,29-/m0/s1. The molecule has 0 saturated heterocycles. The van der Waals surface area contributed by atoms with Gasteiger partial charge in [-0.1, -0.05) is 30.3 Å². The third kappa shape index (κ3) is 21.6. The number of aliphatic carboxylic acids is 3. The highest BCUT2D eigenvalue weighted by Crippen LogP contribution is 2.09. The summed E-state index contributed by atoms with van der Waals surface area (Å²) in [6.45, 7) is 0.266. The largest absolute Gasteiger partial charge is 0.481 e. The molecule has 0 fully saturated rings. The number of H-pyrrole nitrogens is 1. The van der Waals surface area contributed by atoms with E-state index in [1.165, 1.54) is 12.5 Å².